The molecule has 9 nitrogen and oxygen atoms in total. The largest absolute Gasteiger partial charge is 0.508 e. The lowest BCUT2D eigenvalue weighted by Gasteiger charge is -2.38. The van der Waals surface area contributed by atoms with Gasteiger partial charge in [0.15, 0.2) is 11.6 Å². The van der Waals surface area contributed by atoms with E-state index in [-0.39, 0.29) is 48.0 Å². The maximum atomic E-state index is 14.2. The highest BCUT2D eigenvalue weighted by atomic mass is 19.2. The Morgan fingerprint density at radius 1 is 1.00 bits per heavy atom. The van der Waals surface area contributed by atoms with Crippen LogP contribution in [0, 0.1) is 11.6 Å². The zero-order chi connectivity index (χ0) is 26.4. The van der Waals surface area contributed by atoms with Crippen LogP contribution in [0.1, 0.15) is 34.5 Å². The lowest BCUT2D eigenvalue weighted by molar-refractivity contribution is 0.0984. The first kappa shape index (κ1) is 24.1. The fourth-order valence-electron chi connectivity index (χ4n) is 5.60. The summed E-state index contributed by atoms with van der Waals surface area (Å²) < 4.78 is 27.8. The minimum Gasteiger partial charge on any atom is -0.508 e. The van der Waals surface area contributed by atoms with Crippen LogP contribution in [-0.2, 0) is 12.8 Å². The first-order valence-corrected chi connectivity index (χ1v) is 12.6. The summed E-state index contributed by atoms with van der Waals surface area (Å²) in [4.78, 5) is 40.0. The predicted molar refractivity (Wildman–Crippen MR) is 137 cm³/mol. The van der Waals surface area contributed by atoms with Crippen molar-refractivity contribution in [2.24, 2.45) is 0 Å². The molecule has 0 saturated carbocycles. The molecule has 4 heterocycles. The molecule has 0 aliphatic carbocycles. The molecule has 0 atom stereocenters. The van der Waals surface area contributed by atoms with E-state index in [0.717, 1.165) is 30.2 Å². The van der Waals surface area contributed by atoms with E-state index in [1.165, 1.54) is 17.3 Å². The number of anilines is 3. The fraction of sp³-hybridized carbons (Fsp3) is 0.333. The molecule has 3 amide bonds. The van der Waals surface area contributed by atoms with Crippen molar-refractivity contribution in [2.45, 2.75) is 31.7 Å². The van der Waals surface area contributed by atoms with E-state index in [9.17, 15) is 23.5 Å². The molecule has 0 bridgehead atoms. The molecule has 196 valence electrons. The van der Waals surface area contributed by atoms with Crippen molar-refractivity contribution in [3.05, 3.63) is 71.2 Å². The van der Waals surface area contributed by atoms with Crippen LogP contribution in [0.25, 0.3) is 0 Å². The number of amides is 3. The number of carbonyl (C=O) groups excluding carboxylic acids is 2. The summed E-state index contributed by atoms with van der Waals surface area (Å²) in [6, 6.07) is 8.95. The summed E-state index contributed by atoms with van der Waals surface area (Å²) in [6.45, 7) is 2.09. The Kier molecular flexibility index (Phi) is 6.05. The highest BCUT2D eigenvalue weighted by Crippen LogP contribution is 2.33. The number of hydrogen-bond acceptors (Lipinski definition) is 6. The Labute approximate surface area is 217 Å². The molecule has 1 fully saturated rings. The van der Waals surface area contributed by atoms with Crippen LogP contribution < -0.4 is 15.1 Å². The van der Waals surface area contributed by atoms with Crippen LogP contribution in [0.15, 0.2) is 42.7 Å². The van der Waals surface area contributed by atoms with Crippen molar-refractivity contribution in [2.75, 3.05) is 41.3 Å². The Morgan fingerprint density at radius 2 is 1.82 bits per heavy atom. The second-order valence-electron chi connectivity index (χ2n) is 9.76. The molecule has 1 saturated heterocycles. The lowest BCUT2D eigenvalue weighted by atomic mass is 10.0. The van der Waals surface area contributed by atoms with E-state index >= 15 is 0 Å². The van der Waals surface area contributed by atoms with Gasteiger partial charge in [0.05, 0.1) is 5.69 Å². The van der Waals surface area contributed by atoms with Crippen LogP contribution in [0.4, 0.5) is 30.8 Å². The molecule has 6 rings (SSSR count). The first-order valence-electron chi connectivity index (χ1n) is 12.6. The van der Waals surface area contributed by atoms with Gasteiger partial charge in [-0.1, -0.05) is 0 Å². The average molecular weight is 521 g/mol. The van der Waals surface area contributed by atoms with Gasteiger partial charge in [0, 0.05) is 49.5 Å². The molecule has 2 N–H and O–H groups in total. The van der Waals surface area contributed by atoms with E-state index in [1.54, 1.807) is 24.3 Å². The van der Waals surface area contributed by atoms with Crippen LogP contribution >= 0.6 is 0 Å². The Balaban J connectivity index is 1.12. The number of piperidine rings is 1. The molecule has 11 heteroatoms. The van der Waals surface area contributed by atoms with Crippen LogP contribution in [0.5, 0.6) is 5.75 Å². The van der Waals surface area contributed by atoms with Gasteiger partial charge in [0.2, 0.25) is 0 Å². The predicted octanol–water partition coefficient (Wildman–Crippen LogP) is 3.72. The van der Waals surface area contributed by atoms with Crippen LogP contribution in [0.2, 0.25) is 0 Å². The molecule has 0 radical (unpaired) electrons. The zero-order valence-electron chi connectivity index (χ0n) is 20.5. The smallest absolute Gasteiger partial charge is 0.322 e. The number of urea groups is 1. The lowest BCUT2D eigenvalue weighted by Crippen LogP contribution is -2.49. The molecule has 1 aromatic heterocycles. The number of benzene rings is 2. The van der Waals surface area contributed by atoms with E-state index < -0.39 is 11.6 Å². The van der Waals surface area contributed by atoms with Crippen molar-refractivity contribution in [1.29, 1.82) is 0 Å². The van der Waals surface area contributed by atoms with Gasteiger partial charge >= 0.3 is 6.03 Å². The molecule has 3 aliphatic heterocycles. The zero-order valence-corrected chi connectivity index (χ0v) is 20.5. The highest BCUT2D eigenvalue weighted by molar-refractivity contribution is 6.06. The van der Waals surface area contributed by atoms with E-state index in [1.807, 2.05) is 4.90 Å². The third-order valence-corrected chi connectivity index (χ3v) is 7.61. The maximum Gasteiger partial charge on any atom is 0.322 e. The second kappa shape index (κ2) is 9.55. The fourth-order valence-corrected chi connectivity index (χ4v) is 5.60. The quantitative estimate of drug-likeness (QED) is 0.511. The molecule has 0 spiro atoms. The second-order valence-corrected chi connectivity index (χ2v) is 9.76. The van der Waals surface area contributed by atoms with Gasteiger partial charge in [-0.2, -0.15) is 0 Å². The summed E-state index contributed by atoms with van der Waals surface area (Å²) in [5.74, 6) is -1.44. The minimum atomic E-state index is -0.924. The van der Waals surface area contributed by atoms with Gasteiger partial charge in [-0.05, 0) is 61.6 Å². The number of halogens is 2. The van der Waals surface area contributed by atoms with Crippen molar-refractivity contribution in [3.8, 4) is 5.75 Å². The van der Waals surface area contributed by atoms with Gasteiger partial charge in [-0.15, -0.1) is 0 Å². The van der Waals surface area contributed by atoms with Gasteiger partial charge in [0.1, 0.15) is 23.6 Å². The molecule has 3 aromatic rings. The number of nitrogens with one attached hydrogen (secondary N) is 1. The van der Waals surface area contributed by atoms with E-state index in [4.69, 9.17) is 0 Å². The number of carbonyl (C=O) groups is 2. The molecule has 38 heavy (non-hydrogen) atoms. The summed E-state index contributed by atoms with van der Waals surface area (Å²) in [5.41, 5.74) is 2.38. The van der Waals surface area contributed by atoms with Crippen molar-refractivity contribution in [1.82, 2.24) is 14.9 Å². The molecular formula is C27H26F2N6O3. The number of aromatic hydroxyl groups is 1. The number of aromatic nitrogens is 2. The van der Waals surface area contributed by atoms with Gasteiger partial charge in [-0.3, -0.25) is 4.79 Å². The van der Waals surface area contributed by atoms with Crippen molar-refractivity contribution in [3.63, 3.8) is 0 Å². The molecular weight excluding hydrogens is 494 g/mol. The van der Waals surface area contributed by atoms with Crippen LogP contribution in [0.3, 0.4) is 0 Å². The van der Waals surface area contributed by atoms with Gasteiger partial charge in [0.25, 0.3) is 5.91 Å². The Hall–Kier alpha value is -4.28. The SMILES string of the molecule is O=C(c1cc(N2CCC(N3CCc4cc(O)ccc4NC3=O)CC2)ncn1)N1CCc2c1ccc(F)c2F. The summed E-state index contributed by atoms with van der Waals surface area (Å²) in [6.07, 6.45) is 3.69. The maximum absolute atomic E-state index is 14.2. The normalized spacial score (nSPS) is 17.6. The molecule has 0 unspecified atom stereocenters. The van der Waals surface area contributed by atoms with Gasteiger partial charge < -0.3 is 25.1 Å². The topological polar surface area (TPSA) is 102 Å². The van der Waals surface area contributed by atoms with Crippen molar-refractivity contribution < 1.29 is 23.5 Å². The standard InChI is InChI=1S/C27H26F2N6O3/c28-20-2-4-23-19(25(20)29)8-12-35(23)26(37)22-14-24(31-15-30-22)33-9-6-17(7-10-33)34-11-5-16-13-18(36)1-3-21(16)32-27(34)38/h1-4,13-15,17,36H,5-12H2,(H,32,38). The monoisotopic (exact) mass is 520 g/mol. The number of phenols is 1. The number of fused-ring (bicyclic) bond motifs is 2. The Morgan fingerprint density at radius 3 is 2.63 bits per heavy atom. The van der Waals surface area contributed by atoms with E-state index in [2.05, 4.69) is 20.2 Å². The number of nitrogens with zero attached hydrogens (tertiary/aromatic N) is 5. The van der Waals surface area contributed by atoms with Crippen molar-refractivity contribution >= 4 is 29.1 Å². The molecule has 3 aliphatic rings. The molecule has 2 aromatic carbocycles. The average Bonchev–Trinajstić information content (AvgIpc) is 3.29. The van der Waals surface area contributed by atoms with E-state index in [0.29, 0.717) is 37.6 Å². The number of rotatable bonds is 3. The van der Waals surface area contributed by atoms with Crippen LogP contribution in [-0.4, -0.2) is 64.1 Å². The number of phenolic OH excluding ortho intramolecular Hbond substituents is 1. The van der Waals surface area contributed by atoms with Gasteiger partial charge in [-0.25, -0.2) is 23.5 Å². The Bertz CT molecular complexity index is 1430. The summed E-state index contributed by atoms with van der Waals surface area (Å²) in [7, 11) is 0. The third kappa shape index (κ3) is 4.27. The third-order valence-electron chi connectivity index (χ3n) is 7.61. The highest BCUT2D eigenvalue weighted by Gasteiger charge is 2.32. The number of hydrogen-bond donors (Lipinski definition) is 2. The summed E-state index contributed by atoms with van der Waals surface area (Å²) >= 11 is 0. The first-order chi connectivity index (χ1) is 18.4. The minimum absolute atomic E-state index is 0.0495. The summed E-state index contributed by atoms with van der Waals surface area (Å²) in [5, 5.41) is 12.7.